The van der Waals surface area contributed by atoms with Crippen molar-refractivity contribution in [1.29, 1.82) is 0 Å². The highest BCUT2D eigenvalue weighted by Crippen LogP contribution is 2.30. The molecule has 1 aromatic carbocycles. The lowest BCUT2D eigenvalue weighted by atomic mass is 9.90. The summed E-state index contributed by atoms with van der Waals surface area (Å²) < 4.78 is 10.1. The van der Waals surface area contributed by atoms with Crippen molar-refractivity contribution in [3.8, 4) is 0 Å². The van der Waals surface area contributed by atoms with E-state index >= 15 is 0 Å². The number of carbonyl (C=O) groups is 1. The van der Waals surface area contributed by atoms with Gasteiger partial charge in [0.1, 0.15) is 0 Å². The Morgan fingerprint density at radius 2 is 2.00 bits per heavy atom. The van der Waals surface area contributed by atoms with Gasteiger partial charge in [0.15, 0.2) is 5.54 Å². The summed E-state index contributed by atoms with van der Waals surface area (Å²) in [5, 5.41) is 0. The Morgan fingerprint density at radius 1 is 1.33 bits per heavy atom. The molecule has 5 nitrogen and oxygen atoms in total. The van der Waals surface area contributed by atoms with Gasteiger partial charge in [-0.25, -0.2) is 4.79 Å². The molecular formula is C16H24N2O3. The van der Waals surface area contributed by atoms with Crippen molar-refractivity contribution in [1.82, 2.24) is 4.90 Å². The minimum absolute atomic E-state index is 0.406. The maximum Gasteiger partial charge on any atom is 0.331 e. The molecule has 21 heavy (non-hydrogen) atoms. The number of methoxy groups -OCH3 is 2. The van der Waals surface area contributed by atoms with Crippen LogP contribution in [0.1, 0.15) is 18.4 Å². The van der Waals surface area contributed by atoms with Gasteiger partial charge in [0.05, 0.1) is 13.7 Å². The van der Waals surface area contributed by atoms with Crippen molar-refractivity contribution in [2.45, 2.75) is 24.4 Å². The van der Waals surface area contributed by atoms with Crippen LogP contribution in [-0.4, -0.2) is 50.8 Å². The molecule has 1 fully saturated rings. The van der Waals surface area contributed by atoms with Crippen LogP contribution >= 0.6 is 0 Å². The molecule has 1 aromatic rings. The lowest BCUT2D eigenvalue weighted by Crippen LogP contribution is -2.55. The largest absolute Gasteiger partial charge is 0.467 e. The second-order valence-corrected chi connectivity index (χ2v) is 5.52. The summed E-state index contributed by atoms with van der Waals surface area (Å²) in [6.45, 7) is 1.84. The molecular weight excluding hydrogens is 268 g/mol. The molecule has 1 aliphatic carbocycles. The van der Waals surface area contributed by atoms with Crippen LogP contribution in [-0.2, 0) is 19.8 Å². The van der Waals surface area contributed by atoms with E-state index in [0.717, 1.165) is 24.9 Å². The number of ether oxygens (including phenoxy) is 2. The van der Waals surface area contributed by atoms with Crippen molar-refractivity contribution in [3.05, 3.63) is 35.9 Å². The first kappa shape index (κ1) is 15.9. The Balaban J connectivity index is 2.21. The van der Waals surface area contributed by atoms with E-state index in [-0.39, 0.29) is 0 Å². The molecule has 0 spiro atoms. The van der Waals surface area contributed by atoms with E-state index in [9.17, 15) is 4.79 Å². The molecule has 5 heteroatoms. The van der Waals surface area contributed by atoms with Gasteiger partial charge in [-0.1, -0.05) is 30.3 Å². The van der Waals surface area contributed by atoms with Crippen LogP contribution in [0.15, 0.2) is 30.3 Å². The summed E-state index contributed by atoms with van der Waals surface area (Å²) in [5.74, 6) is -0.406. The van der Waals surface area contributed by atoms with Gasteiger partial charge >= 0.3 is 5.97 Å². The van der Waals surface area contributed by atoms with Crippen LogP contribution in [0.5, 0.6) is 0 Å². The van der Waals surface area contributed by atoms with Crippen LogP contribution in [0.3, 0.4) is 0 Å². The van der Waals surface area contributed by atoms with E-state index in [2.05, 4.69) is 4.90 Å². The fraction of sp³-hybridized carbons (Fsp3) is 0.562. The van der Waals surface area contributed by atoms with E-state index in [1.165, 1.54) is 7.11 Å². The summed E-state index contributed by atoms with van der Waals surface area (Å²) in [6, 6.07) is 9.92. The predicted octanol–water partition coefficient (Wildman–Crippen LogP) is 1.12. The molecule has 1 unspecified atom stereocenters. The first-order valence-corrected chi connectivity index (χ1v) is 7.27. The molecule has 0 radical (unpaired) electrons. The average molecular weight is 292 g/mol. The second kappa shape index (κ2) is 7.02. The average Bonchev–Trinajstić information content (AvgIpc) is 3.36. The molecule has 0 amide bonds. The van der Waals surface area contributed by atoms with E-state index in [1.54, 1.807) is 7.11 Å². The number of nitrogens with zero attached hydrogens (tertiary/aromatic N) is 1. The molecule has 1 saturated carbocycles. The molecule has 0 bridgehead atoms. The Bertz CT molecular complexity index is 462. The number of esters is 1. The molecule has 2 rings (SSSR count). The maximum atomic E-state index is 12.3. The molecule has 116 valence electrons. The number of hydrogen-bond acceptors (Lipinski definition) is 5. The second-order valence-electron chi connectivity index (χ2n) is 5.52. The lowest BCUT2D eigenvalue weighted by Gasteiger charge is -2.33. The van der Waals surface area contributed by atoms with Crippen molar-refractivity contribution in [2.24, 2.45) is 5.73 Å². The molecule has 1 aliphatic rings. The Kier molecular flexibility index (Phi) is 5.33. The van der Waals surface area contributed by atoms with Crippen molar-refractivity contribution >= 4 is 5.97 Å². The van der Waals surface area contributed by atoms with Crippen LogP contribution in [0.25, 0.3) is 0 Å². The summed E-state index contributed by atoms with van der Waals surface area (Å²) >= 11 is 0. The van der Waals surface area contributed by atoms with Gasteiger partial charge in [-0.05, 0) is 18.4 Å². The quantitative estimate of drug-likeness (QED) is 0.728. The third kappa shape index (κ3) is 3.81. The van der Waals surface area contributed by atoms with Gasteiger partial charge in [-0.2, -0.15) is 0 Å². The van der Waals surface area contributed by atoms with Crippen molar-refractivity contribution in [2.75, 3.05) is 33.9 Å². The van der Waals surface area contributed by atoms with Gasteiger partial charge in [-0.15, -0.1) is 0 Å². The number of benzene rings is 1. The summed E-state index contributed by atoms with van der Waals surface area (Å²) in [4.78, 5) is 14.5. The predicted molar refractivity (Wildman–Crippen MR) is 80.8 cm³/mol. The zero-order valence-corrected chi connectivity index (χ0v) is 12.7. The van der Waals surface area contributed by atoms with Crippen LogP contribution in [0.2, 0.25) is 0 Å². The normalized spacial score (nSPS) is 17.5. The monoisotopic (exact) mass is 292 g/mol. The molecule has 0 saturated heterocycles. The van der Waals surface area contributed by atoms with E-state index in [1.807, 2.05) is 30.3 Å². The Hall–Kier alpha value is -1.43. The zero-order chi connectivity index (χ0) is 15.3. The van der Waals surface area contributed by atoms with Crippen LogP contribution < -0.4 is 5.73 Å². The maximum absolute atomic E-state index is 12.3. The first-order valence-electron chi connectivity index (χ1n) is 7.27. The SMILES string of the molecule is COCCN(CC(N)(C(=O)OC)c1ccccc1)C1CC1. The molecule has 0 heterocycles. The number of carbonyl (C=O) groups excluding carboxylic acids is 1. The third-order valence-electron chi connectivity index (χ3n) is 3.94. The first-order chi connectivity index (χ1) is 10.1. The van der Waals surface area contributed by atoms with Crippen LogP contribution in [0, 0.1) is 0 Å². The Labute approximate surface area is 126 Å². The fourth-order valence-corrected chi connectivity index (χ4v) is 2.55. The highest BCUT2D eigenvalue weighted by molar-refractivity contribution is 5.82. The number of hydrogen-bond donors (Lipinski definition) is 1. The smallest absolute Gasteiger partial charge is 0.331 e. The van der Waals surface area contributed by atoms with Crippen molar-refractivity contribution in [3.63, 3.8) is 0 Å². The van der Waals surface area contributed by atoms with Crippen LogP contribution in [0.4, 0.5) is 0 Å². The van der Waals surface area contributed by atoms with E-state index in [0.29, 0.717) is 19.2 Å². The highest BCUT2D eigenvalue weighted by atomic mass is 16.5. The van der Waals surface area contributed by atoms with E-state index < -0.39 is 11.5 Å². The molecule has 1 atom stereocenters. The van der Waals surface area contributed by atoms with Gasteiger partial charge in [-0.3, -0.25) is 4.90 Å². The van der Waals surface area contributed by atoms with Gasteiger partial charge < -0.3 is 15.2 Å². The summed E-state index contributed by atoms with van der Waals surface area (Å²) in [5.41, 5.74) is 6.09. The van der Waals surface area contributed by atoms with E-state index in [4.69, 9.17) is 15.2 Å². The fourth-order valence-electron chi connectivity index (χ4n) is 2.55. The highest BCUT2D eigenvalue weighted by Gasteiger charge is 2.42. The topological polar surface area (TPSA) is 64.8 Å². The number of nitrogens with two attached hydrogens (primary N) is 1. The zero-order valence-electron chi connectivity index (χ0n) is 12.7. The molecule has 2 N–H and O–H groups in total. The minimum atomic E-state index is -1.15. The summed E-state index contributed by atoms with van der Waals surface area (Å²) in [6.07, 6.45) is 2.30. The third-order valence-corrected chi connectivity index (χ3v) is 3.94. The minimum Gasteiger partial charge on any atom is -0.467 e. The lowest BCUT2D eigenvalue weighted by molar-refractivity contribution is -0.148. The standard InChI is InChI=1S/C16H24N2O3/c1-20-11-10-18(14-8-9-14)12-16(17,15(19)21-2)13-6-4-3-5-7-13/h3-7,14H,8-12,17H2,1-2H3. The summed E-state index contributed by atoms with van der Waals surface area (Å²) in [7, 11) is 3.06. The van der Waals surface area contributed by atoms with Gasteiger partial charge in [0.25, 0.3) is 0 Å². The van der Waals surface area contributed by atoms with Gasteiger partial charge in [0, 0.05) is 26.2 Å². The van der Waals surface area contributed by atoms with Gasteiger partial charge in [0.2, 0.25) is 0 Å². The Morgan fingerprint density at radius 3 is 2.52 bits per heavy atom. The number of rotatable bonds is 8. The molecule has 0 aliphatic heterocycles. The molecule has 0 aromatic heterocycles. The van der Waals surface area contributed by atoms with Crippen molar-refractivity contribution < 1.29 is 14.3 Å².